The quantitative estimate of drug-likeness (QED) is 0.842. The molecule has 0 saturated heterocycles. The summed E-state index contributed by atoms with van der Waals surface area (Å²) in [7, 11) is 1.64. The van der Waals surface area contributed by atoms with E-state index in [4.69, 9.17) is 4.74 Å². The van der Waals surface area contributed by atoms with Gasteiger partial charge in [-0.2, -0.15) is 0 Å². The Kier molecular flexibility index (Phi) is 4.52. The molecule has 5 heteroatoms. The van der Waals surface area contributed by atoms with Crippen LogP contribution in [0.15, 0.2) is 35.8 Å². The normalized spacial score (nSPS) is 10.2. The minimum absolute atomic E-state index is 0.0748. The zero-order valence-corrected chi connectivity index (χ0v) is 11.8. The molecule has 0 unspecified atom stereocenters. The summed E-state index contributed by atoms with van der Waals surface area (Å²) in [6, 6.07) is 7.71. The van der Waals surface area contributed by atoms with Gasteiger partial charge >= 0.3 is 0 Å². The smallest absolute Gasteiger partial charge is 0.228 e. The number of rotatable bonds is 5. The van der Waals surface area contributed by atoms with E-state index in [-0.39, 0.29) is 5.91 Å². The molecule has 1 amide bonds. The van der Waals surface area contributed by atoms with Gasteiger partial charge in [-0.25, -0.2) is 4.98 Å². The highest BCUT2D eigenvalue weighted by Gasteiger charge is 2.16. The molecule has 0 fully saturated rings. The second kappa shape index (κ2) is 6.33. The molecule has 0 spiro atoms. The number of carbonyl (C=O) groups is 1. The molecule has 0 aliphatic heterocycles. The van der Waals surface area contributed by atoms with E-state index in [0.717, 1.165) is 16.4 Å². The first-order valence-electron chi connectivity index (χ1n) is 6.07. The summed E-state index contributed by atoms with van der Waals surface area (Å²) in [5, 5.41) is 2.61. The fourth-order valence-electron chi connectivity index (χ4n) is 1.72. The average Bonchev–Trinajstić information content (AvgIpc) is 2.98. The van der Waals surface area contributed by atoms with Gasteiger partial charge in [0.25, 0.3) is 0 Å². The summed E-state index contributed by atoms with van der Waals surface area (Å²) in [5.41, 5.74) is 1.05. The molecule has 0 bridgehead atoms. The van der Waals surface area contributed by atoms with E-state index < -0.39 is 0 Å². The van der Waals surface area contributed by atoms with Crippen LogP contribution in [-0.2, 0) is 11.3 Å². The summed E-state index contributed by atoms with van der Waals surface area (Å²) in [6.45, 7) is 2.39. The van der Waals surface area contributed by atoms with E-state index >= 15 is 0 Å². The van der Waals surface area contributed by atoms with Crippen molar-refractivity contribution in [2.75, 3.05) is 12.0 Å². The van der Waals surface area contributed by atoms with E-state index in [0.29, 0.717) is 13.0 Å². The third kappa shape index (κ3) is 3.32. The number of thiazole rings is 1. The van der Waals surface area contributed by atoms with Gasteiger partial charge in [0, 0.05) is 18.0 Å². The number of amides is 1. The van der Waals surface area contributed by atoms with Crippen LogP contribution in [0.5, 0.6) is 5.75 Å². The first-order chi connectivity index (χ1) is 9.24. The Labute approximate surface area is 116 Å². The van der Waals surface area contributed by atoms with Crippen LogP contribution in [0.25, 0.3) is 0 Å². The van der Waals surface area contributed by atoms with Crippen molar-refractivity contribution < 1.29 is 9.53 Å². The Bertz CT molecular complexity index is 523. The molecular formula is C14H16N2O2S. The first kappa shape index (κ1) is 13.5. The van der Waals surface area contributed by atoms with E-state index in [1.807, 2.05) is 36.6 Å². The highest BCUT2D eigenvalue weighted by atomic mass is 32.1. The lowest BCUT2D eigenvalue weighted by molar-refractivity contribution is -0.118. The predicted octanol–water partition coefficient (Wildman–Crippen LogP) is 3.09. The molecule has 0 aliphatic carbocycles. The zero-order chi connectivity index (χ0) is 13.7. The van der Waals surface area contributed by atoms with Crippen molar-refractivity contribution in [3.63, 3.8) is 0 Å². The van der Waals surface area contributed by atoms with Gasteiger partial charge in [-0.05, 0) is 17.7 Å². The lowest BCUT2D eigenvalue weighted by Crippen LogP contribution is -2.29. The molecule has 2 aromatic rings. The second-order valence-electron chi connectivity index (χ2n) is 4.00. The summed E-state index contributed by atoms with van der Waals surface area (Å²) >= 11 is 1.47. The molecule has 2 rings (SSSR count). The summed E-state index contributed by atoms with van der Waals surface area (Å²) in [4.78, 5) is 17.9. The first-order valence-corrected chi connectivity index (χ1v) is 6.95. The van der Waals surface area contributed by atoms with Crippen LogP contribution in [0.3, 0.4) is 0 Å². The standard InChI is InChI=1S/C14H16N2O2S/c1-3-13(17)16(14-15-8-9-19-14)10-11-4-6-12(18-2)7-5-11/h4-9H,3,10H2,1-2H3. The Morgan fingerprint density at radius 3 is 2.63 bits per heavy atom. The van der Waals surface area contributed by atoms with Crippen LogP contribution in [0, 0.1) is 0 Å². The summed E-state index contributed by atoms with van der Waals surface area (Å²) in [5.74, 6) is 0.886. The van der Waals surface area contributed by atoms with Crippen LogP contribution in [-0.4, -0.2) is 18.0 Å². The van der Waals surface area contributed by atoms with Crippen LogP contribution < -0.4 is 9.64 Å². The SMILES string of the molecule is CCC(=O)N(Cc1ccc(OC)cc1)c1nccs1. The summed E-state index contributed by atoms with van der Waals surface area (Å²) in [6.07, 6.45) is 2.18. The maximum Gasteiger partial charge on any atom is 0.228 e. The van der Waals surface area contributed by atoms with Gasteiger partial charge in [-0.1, -0.05) is 19.1 Å². The highest BCUT2D eigenvalue weighted by Crippen LogP contribution is 2.21. The lowest BCUT2D eigenvalue weighted by atomic mass is 10.2. The zero-order valence-electron chi connectivity index (χ0n) is 11.0. The Morgan fingerprint density at radius 1 is 1.37 bits per heavy atom. The van der Waals surface area contributed by atoms with Gasteiger partial charge in [0.2, 0.25) is 5.91 Å². The van der Waals surface area contributed by atoms with E-state index in [9.17, 15) is 4.79 Å². The summed E-state index contributed by atoms with van der Waals surface area (Å²) < 4.78 is 5.12. The molecule has 0 aliphatic rings. The van der Waals surface area contributed by atoms with Crippen molar-refractivity contribution in [3.8, 4) is 5.75 Å². The minimum atomic E-state index is 0.0748. The fourth-order valence-corrected chi connectivity index (χ4v) is 2.37. The number of ether oxygens (including phenoxy) is 1. The number of nitrogens with zero attached hydrogens (tertiary/aromatic N) is 2. The predicted molar refractivity (Wildman–Crippen MR) is 76.6 cm³/mol. The Balaban J connectivity index is 2.18. The van der Waals surface area contributed by atoms with Crippen molar-refractivity contribution >= 4 is 22.4 Å². The molecule has 0 radical (unpaired) electrons. The second-order valence-corrected chi connectivity index (χ2v) is 4.87. The van der Waals surface area contributed by atoms with Crippen molar-refractivity contribution in [1.29, 1.82) is 0 Å². The average molecular weight is 276 g/mol. The van der Waals surface area contributed by atoms with Crippen molar-refractivity contribution in [2.24, 2.45) is 0 Å². The van der Waals surface area contributed by atoms with Crippen LogP contribution in [0.4, 0.5) is 5.13 Å². The number of hydrogen-bond acceptors (Lipinski definition) is 4. The molecule has 4 nitrogen and oxygen atoms in total. The third-order valence-corrected chi connectivity index (χ3v) is 3.55. The third-order valence-electron chi connectivity index (χ3n) is 2.75. The molecule has 0 saturated carbocycles. The van der Waals surface area contributed by atoms with E-state index in [2.05, 4.69) is 4.98 Å². The number of benzene rings is 1. The molecule has 1 aromatic heterocycles. The number of carbonyl (C=O) groups excluding carboxylic acids is 1. The van der Waals surface area contributed by atoms with Crippen molar-refractivity contribution in [3.05, 3.63) is 41.4 Å². The largest absolute Gasteiger partial charge is 0.497 e. The molecule has 1 aromatic carbocycles. The van der Waals surface area contributed by atoms with Gasteiger partial charge in [-0.15, -0.1) is 11.3 Å². The van der Waals surface area contributed by atoms with Crippen LogP contribution in [0.2, 0.25) is 0 Å². The number of methoxy groups -OCH3 is 1. The van der Waals surface area contributed by atoms with Gasteiger partial charge < -0.3 is 4.74 Å². The lowest BCUT2D eigenvalue weighted by Gasteiger charge is -2.19. The van der Waals surface area contributed by atoms with Gasteiger partial charge in [-0.3, -0.25) is 9.69 Å². The van der Waals surface area contributed by atoms with Crippen LogP contribution in [0.1, 0.15) is 18.9 Å². The molecule has 19 heavy (non-hydrogen) atoms. The van der Waals surface area contributed by atoms with Crippen molar-refractivity contribution in [2.45, 2.75) is 19.9 Å². The van der Waals surface area contributed by atoms with Gasteiger partial charge in [0.05, 0.1) is 13.7 Å². The Morgan fingerprint density at radius 2 is 2.11 bits per heavy atom. The van der Waals surface area contributed by atoms with E-state index in [1.54, 1.807) is 18.2 Å². The molecule has 100 valence electrons. The highest BCUT2D eigenvalue weighted by molar-refractivity contribution is 7.13. The van der Waals surface area contributed by atoms with Crippen molar-refractivity contribution in [1.82, 2.24) is 4.98 Å². The minimum Gasteiger partial charge on any atom is -0.497 e. The van der Waals surface area contributed by atoms with Gasteiger partial charge in [0.15, 0.2) is 5.13 Å². The van der Waals surface area contributed by atoms with E-state index in [1.165, 1.54) is 11.3 Å². The number of aromatic nitrogens is 1. The topological polar surface area (TPSA) is 42.4 Å². The molecule has 1 heterocycles. The number of hydrogen-bond donors (Lipinski definition) is 0. The molecule has 0 N–H and O–H groups in total. The maximum absolute atomic E-state index is 12.0. The van der Waals surface area contributed by atoms with Gasteiger partial charge in [0.1, 0.15) is 5.75 Å². The Hall–Kier alpha value is -1.88. The molecular weight excluding hydrogens is 260 g/mol. The number of anilines is 1. The molecule has 0 atom stereocenters. The van der Waals surface area contributed by atoms with Crippen LogP contribution >= 0.6 is 11.3 Å². The monoisotopic (exact) mass is 276 g/mol. The fraction of sp³-hybridized carbons (Fsp3) is 0.286. The maximum atomic E-state index is 12.0.